The average molecular weight is 267 g/mol. The first kappa shape index (κ1) is 13.8. The van der Waals surface area contributed by atoms with Crippen LogP contribution in [0.5, 0.6) is 0 Å². The molecule has 1 unspecified atom stereocenters. The Kier molecular flexibility index (Phi) is 4.42. The average Bonchev–Trinajstić information content (AvgIpc) is 2.87. The highest BCUT2D eigenvalue weighted by atomic mass is 16.5. The fourth-order valence-electron chi connectivity index (χ4n) is 4.24. The van der Waals surface area contributed by atoms with Crippen LogP contribution in [-0.2, 0) is 4.74 Å². The largest absolute Gasteiger partial charge is 0.381 e. The lowest BCUT2D eigenvalue weighted by Gasteiger charge is -2.45. The van der Waals surface area contributed by atoms with Crippen molar-refractivity contribution in [1.29, 1.82) is 0 Å². The molecule has 4 nitrogen and oxygen atoms in total. The van der Waals surface area contributed by atoms with Crippen LogP contribution >= 0.6 is 0 Å². The molecule has 0 radical (unpaired) electrons. The molecule has 3 rings (SSSR count). The molecule has 0 bridgehead atoms. The van der Waals surface area contributed by atoms with Crippen LogP contribution in [0, 0.1) is 5.41 Å². The zero-order valence-electron chi connectivity index (χ0n) is 12.4. The molecule has 0 aliphatic carbocycles. The summed E-state index contributed by atoms with van der Waals surface area (Å²) in [6.45, 7) is 9.50. The third-order valence-corrected chi connectivity index (χ3v) is 5.34. The number of nitrogens with zero attached hydrogens (tertiary/aromatic N) is 2. The molecule has 4 heteroatoms. The first-order chi connectivity index (χ1) is 9.31. The zero-order chi connectivity index (χ0) is 13.1. The Morgan fingerprint density at radius 1 is 1.21 bits per heavy atom. The fraction of sp³-hybridized carbons (Fsp3) is 1.00. The van der Waals surface area contributed by atoms with E-state index in [2.05, 4.69) is 22.2 Å². The molecule has 1 atom stereocenters. The van der Waals surface area contributed by atoms with Crippen LogP contribution in [-0.4, -0.2) is 75.4 Å². The van der Waals surface area contributed by atoms with E-state index >= 15 is 0 Å². The predicted octanol–water partition coefficient (Wildman–Crippen LogP) is 0.783. The topological polar surface area (TPSA) is 27.7 Å². The Morgan fingerprint density at radius 3 is 2.84 bits per heavy atom. The van der Waals surface area contributed by atoms with Gasteiger partial charge in [0.05, 0.1) is 0 Å². The summed E-state index contributed by atoms with van der Waals surface area (Å²) in [6, 6.07) is 0.847. The van der Waals surface area contributed by atoms with E-state index in [1.165, 1.54) is 58.4 Å². The van der Waals surface area contributed by atoms with Crippen molar-refractivity contribution >= 4 is 0 Å². The van der Waals surface area contributed by atoms with Gasteiger partial charge < -0.3 is 10.1 Å². The Morgan fingerprint density at radius 2 is 2.05 bits per heavy atom. The summed E-state index contributed by atoms with van der Waals surface area (Å²) >= 11 is 0. The van der Waals surface area contributed by atoms with E-state index in [0.717, 1.165) is 25.8 Å². The minimum Gasteiger partial charge on any atom is -0.381 e. The van der Waals surface area contributed by atoms with Crippen molar-refractivity contribution in [3.63, 3.8) is 0 Å². The number of piperazine rings is 1. The van der Waals surface area contributed by atoms with Crippen molar-refractivity contribution in [2.75, 3.05) is 59.5 Å². The summed E-state index contributed by atoms with van der Waals surface area (Å²) in [5, 5.41) is 3.42. The monoisotopic (exact) mass is 267 g/mol. The molecule has 110 valence electrons. The summed E-state index contributed by atoms with van der Waals surface area (Å²) in [5.74, 6) is 0. The molecule has 3 fully saturated rings. The van der Waals surface area contributed by atoms with E-state index in [0.29, 0.717) is 5.41 Å². The van der Waals surface area contributed by atoms with Gasteiger partial charge in [0.25, 0.3) is 0 Å². The Balaban J connectivity index is 1.58. The van der Waals surface area contributed by atoms with Crippen molar-refractivity contribution in [3.05, 3.63) is 0 Å². The van der Waals surface area contributed by atoms with Crippen LogP contribution in [0.4, 0.5) is 0 Å². The van der Waals surface area contributed by atoms with Gasteiger partial charge in [-0.3, -0.25) is 9.80 Å². The first-order valence-corrected chi connectivity index (χ1v) is 8.00. The number of fused-ring (bicyclic) bond motifs is 1. The van der Waals surface area contributed by atoms with Gasteiger partial charge in [-0.1, -0.05) is 0 Å². The van der Waals surface area contributed by atoms with Gasteiger partial charge in [-0.15, -0.1) is 0 Å². The maximum Gasteiger partial charge on any atom is 0.0472 e. The van der Waals surface area contributed by atoms with Crippen molar-refractivity contribution in [2.45, 2.75) is 31.7 Å². The van der Waals surface area contributed by atoms with E-state index < -0.39 is 0 Å². The van der Waals surface area contributed by atoms with Gasteiger partial charge in [-0.2, -0.15) is 0 Å². The third-order valence-electron chi connectivity index (χ3n) is 5.34. The van der Waals surface area contributed by atoms with Gasteiger partial charge in [0.2, 0.25) is 0 Å². The number of nitrogens with one attached hydrogen (secondary N) is 1. The van der Waals surface area contributed by atoms with E-state index in [9.17, 15) is 0 Å². The number of rotatable bonds is 4. The van der Waals surface area contributed by atoms with Crippen LogP contribution in [0.1, 0.15) is 25.7 Å². The highest BCUT2D eigenvalue weighted by molar-refractivity contribution is 4.92. The van der Waals surface area contributed by atoms with Gasteiger partial charge in [0.15, 0.2) is 0 Å². The third kappa shape index (κ3) is 3.13. The molecule has 0 aromatic heterocycles. The standard InChI is InChI=1S/C15H29N3O/c1-16-12-15(4-9-19-10-5-15)13-17-7-8-18-6-2-3-14(18)11-17/h14,16H,2-13H2,1H3. The van der Waals surface area contributed by atoms with Crippen LogP contribution in [0.25, 0.3) is 0 Å². The molecule has 3 heterocycles. The van der Waals surface area contributed by atoms with Crippen molar-refractivity contribution < 1.29 is 4.74 Å². The molecule has 0 aromatic carbocycles. The van der Waals surface area contributed by atoms with Crippen LogP contribution in [0.2, 0.25) is 0 Å². The van der Waals surface area contributed by atoms with Crippen LogP contribution in [0.3, 0.4) is 0 Å². The normalized spacial score (nSPS) is 32.4. The molecule has 0 amide bonds. The van der Waals surface area contributed by atoms with Crippen molar-refractivity contribution in [3.8, 4) is 0 Å². The van der Waals surface area contributed by atoms with E-state index in [1.54, 1.807) is 0 Å². The van der Waals surface area contributed by atoms with E-state index in [4.69, 9.17) is 4.74 Å². The van der Waals surface area contributed by atoms with Gasteiger partial charge in [0, 0.05) is 52.0 Å². The lowest BCUT2D eigenvalue weighted by atomic mass is 9.79. The SMILES string of the molecule is CNCC1(CN2CCN3CCCC3C2)CCOCC1. The van der Waals surface area contributed by atoms with Gasteiger partial charge >= 0.3 is 0 Å². The summed E-state index contributed by atoms with van der Waals surface area (Å²) in [5.41, 5.74) is 0.452. The molecule has 0 spiro atoms. The Bertz CT molecular complexity index is 286. The highest BCUT2D eigenvalue weighted by Gasteiger charge is 2.37. The quantitative estimate of drug-likeness (QED) is 0.815. The lowest BCUT2D eigenvalue weighted by molar-refractivity contribution is -0.0157. The summed E-state index contributed by atoms with van der Waals surface area (Å²) in [7, 11) is 2.09. The van der Waals surface area contributed by atoms with Crippen molar-refractivity contribution in [1.82, 2.24) is 15.1 Å². The molecule has 1 N–H and O–H groups in total. The molecular formula is C15H29N3O. The Hall–Kier alpha value is -0.160. The smallest absolute Gasteiger partial charge is 0.0472 e. The minimum absolute atomic E-state index is 0.452. The summed E-state index contributed by atoms with van der Waals surface area (Å²) in [6.07, 6.45) is 5.27. The van der Waals surface area contributed by atoms with Crippen molar-refractivity contribution in [2.24, 2.45) is 5.41 Å². The van der Waals surface area contributed by atoms with E-state index in [1.807, 2.05) is 0 Å². The molecule has 3 aliphatic rings. The molecule has 0 aromatic rings. The van der Waals surface area contributed by atoms with Gasteiger partial charge in [0.1, 0.15) is 0 Å². The van der Waals surface area contributed by atoms with Gasteiger partial charge in [-0.25, -0.2) is 0 Å². The maximum atomic E-state index is 5.58. The summed E-state index contributed by atoms with van der Waals surface area (Å²) < 4.78 is 5.58. The number of hydrogen-bond acceptors (Lipinski definition) is 4. The highest BCUT2D eigenvalue weighted by Crippen LogP contribution is 2.32. The van der Waals surface area contributed by atoms with Crippen LogP contribution in [0.15, 0.2) is 0 Å². The molecular weight excluding hydrogens is 238 g/mol. The second-order valence-electron chi connectivity index (χ2n) is 6.71. The van der Waals surface area contributed by atoms with Crippen LogP contribution < -0.4 is 5.32 Å². The fourth-order valence-corrected chi connectivity index (χ4v) is 4.24. The lowest BCUT2D eigenvalue weighted by Crippen LogP contribution is -2.55. The number of hydrogen-bond donors (Lipinski definition) is 1. The Labute approximate surface area is 117 Å². The molecule has 3 aliphatic heterocycles. The zero-order valence-corrected chi connectivity index (χ0v) is 12.4. The first-order valence-electron chi connectivity index (χ1n) is 8.00. The predicted molar refractivity (Wildman–Crippen MR) is 77.4 cm³/mol. The van der Waals surface area contributed by atoms with Gasteiger partial charge in [-0.05, 0) is 44.7 Å². The minimum atomic E-state index is 0.452. The summed E-state index contributed by atoms with van der Waals surface area (Å²) in [4.78, 5) is 5.43. The molecule has 0 saturated carbocycles. The maximum absolute atomic E-state index is 5.58. The second kappa shape index (κ2) is 6.08. The molecule has 19 heavy (non-hydrogen) atoms. The number of ether oxygens (including phenoxy) is 1. The second-order valence-corrected chi connectivity index (χ2v) is 6.71. The molecule has 3 saturated heterocycles. The van der Waals surface area contributed by atoms with E-state index in [-0.39, 0.29) is 0 Å².